The van der Waals surface area contributed by atoms with Gasteiger partial charge in [-0.15, -0.1) is 0 Å². The number of halogens is 3. The first-order valence-corrected chi connectivity index (χ1v) is 6.52. The molecule has 0 atom stereocenters. The molecule has 1 aromatic rings. The molecule has 0 aromatic heterocycles. The maximum Gasteiger partial charge on any atom is 0.392 e. The molecule has 0 fully saturated rings. The van der Waals surface area contributed by atoms with Crippen LogP contribution in [0.15, 0.2) is 18.2 Å². The number of hydrogen-bond donors (Lipinski definition) is 1. The Kier molecular flexibility index (Phi) is 7.31. The van der Waals surface area contributed by atoms with E-state index in [0.29, 0.717) is 31.2 Å². The van der Waals surface area contributed by atoms with Gasteiger partial charge in [-0.2, -0.15) is 13.2 Å². The van der Waals surface area contributed by atoms with Gasteiger partial charge in [0.1, 0.15) is 11.5 Å². The second-order valence-electron chi connectivity index (χ2n) is 4.36. The average Bonchev–Trinajstić information content (AvgIpc) is 2.43. The lowest BCUT2D eigenvalue weighted by molar-refractivity contribution is -0.139. The fourth-order valence-electron chi connectivity index (χ4n) is 1.64. The van der Waals surface area contributed by atoms with Crippen molar-refractivity contribution in [3.8, 4) is 11.5 Å². The lowest BCUT2D eigenvalue weighted by atomic mass is 10.2. The molecule has 1 rings (SSSR count). The van der Waals surface area contributed by atoms with Gasteiger partial charge in [-0.05, 0) is 18.2 Å². The molecule has 7 heteroatoms. The van der Waals surface area contributed by atoms with E-state index in [4.69, 9.17) is 14.2 Å². The van der Waals surface area contributed by atoms with E-state index in [1.165, 1.54) is 7.11 Å². The van der Waals surface area contributed by atoms with E-state index >= 15 is 0 Å². The van der Waals surface area contributed by atoms with Gasteiger partial charge in [0.25, 0.3) is 0 Å². The zero-order valence-electron chi connectivity index (χ0n) is 12.1. The third-order valence-corrected chi connectivity index (χ3v) is 2.71. The van der Waals surface area contributed by atoms with Crippen LogP contribution in [0.5, 0.6) is 11.5 Å². The van der Waals surface area contributed by atoms with Crippen molar-refractivity contribution >= 4 is 0 Å². The van der Waals surface area contributed by atoms with Gasteiger partial charge >= 0.3 is 6.18 Å². The van der Waals surface area contributed by atoms with Crippen molar-refractivity contribution in [1.82, 2.24) is 5.32 Å². The van der Waals surface area contributed by atoms with Crippen LogP contribution in [-0.2, 0) is 11.3 Å². The van der Waals surface area contributed by atoms with Gasteiger partial charge in [-0.1, -0.05) is 0 Å². The molecule has 0 aliphatic rings. The Labute approximate surface area is 122 Å². The van der Waals surface area contributed by atoms with Crippen LogP contribution in [-0.4, -0.2) is 40.2 Å². The Morgan fingerprint density at radius 1 is 1.14 bits per heavy atom. The third kappa shape index (κ3) is 7.19. The minimum absolute atomic E-state index is 0.402. The maximum absolute atomic E-state index is 12.1. The number of benzene rings is 1. The smallest absolute Gasteiger partial charge is 0.392 e. The highest BCUT2D eigenvalue weighted by Gasteiger charge is 2.27. The standard InChI is InChI=1S/C14H20F3NO3/c1-19-8-6-18-10-11-9-12(20-2)3-4-13(11)21-7-5-14(15,16)17/h3-4,9,18H,5-8,10H2,1-2H3. The summed E-state index contributed by atoms with van der Waals surface area (Å²) < 4.78 is 51.7. The SMILES string of the molecule is COCCNCc1cc(OC)ccc1OCCC(F)(F)F. The first-order chi connectivity index (χ1) is 9.96. The second kappa shape index (κ2) is 8.74. The summed E-state index contributed by atoms with van der Waals surface area (Å²) >= 11 is 0. The number of nitrogens with one attached hydrogen (secondary N) is 1. The minimum atomic E-state index is -4.22. The Morgan fingerprint density at radius 2 is 1.90 bits per heavy atom. The Balaban J connectivity index is 2.63. The molecule has 0 radical (unpaired) electrons. The number of rotatable bonds is 9. The van der Waals surface area contributed by atoms with Crippen molar-refractivity contribution in [2.24, 2.45) is 0 Å². The summed E-state index contributed by atoms with van der Waals surface area (Å²) in [6.45, 7) is 1.24. The van der Waals surface area contributed by atoms with E-state index in [9.17, 15) is 13.2 Å². The normalized spacial score (nSPS) is 11.5. The molecular formula is C14H20F3NO3. The van der Waals surface area contributed by atoms with Crippen LogP contribution < -0.4 is 14.8 Å². The van der Waals surface area contributed by atoms with Crippen LogP contribution in [0.2, 0.25) is 0 Å². The zero-order valence-corrected chi connectivity index (χ0v) is 12.1. The van der Waals surface area contributed by atoms with Gasteiger partial charge in [-0.3, -0.25) is 0 Å². The van der Waals surface area contributed by atoms with Crippen LogP contribution in [0, 0.1) is 0 Å². The molecule has 0 spiro atoms. The highest BCUT2D eigenvalue weighted by atomic mass is 19.4. The third-order valence-electron chi connectivity index (χ3n) is 2.71. The van der Waals surface area contributed by atoms with E-state index in [0.717, 1.165) is 5.56 Å². The maximum atomic E-state index is 12.1. The van der Waals surface area contributed by atoms with Gasteiger partial charge < -0.3 is 19.5 Å². The second-order valence-corrected chi connectivity index (χ2v) is 4.36. The summed E-state index contributed by atoms with van der Waals surface area (Å²) in [5.41, 5.74) is 0.743. The molecule has 1 N–H and O–H groups in total. The molecule has 0 aliphatic heterocycles. The molecule has 0 saturated heterocycles. The topological polar surface area (TPSA) is 39.7 Å². The van der Waals surface area contributed by atoms with Crippen molar-refractivity contribution in [3.05, 3.63) is 23.8 Å². The number of ether oxygens (including phenoxy) is 3. The quantitative estimate of drug-likeness (QED) is 0.712. The molecule has 0 amide bonds. The van der Waals surface area contributed by atoms with Gasteiger partial charge in [0.2, 0.25) is 0 Å². The van der Waals surface area contributed by atoms with Crippen LogP contribution in [0.3, 0.4) is 0 Å². The van der Waals surface area contributed by atoms with Gasteiger partial charge in [-0.25, -0.2) is 0 Å². The lowest BCUT2D eigenvalue weighted by Crippen LogP contribution is -2.19. The van der Waals surface area contributed by atoms with Gasteiger partial charge in [0.15, 0.2) is 0 Å². The summed E-state index contributed by atoms with van der Waals surface area (Å²) in [5, 5.41) is 3.12. The lowest BCUT2D eigenvalue weighted by Gasteiger charge is -2.14. The molecule has 21 heavy (non-hydrogen) atoms. The van der Waals surface area contributed by atoms with Gasteiger partial charge in [0.05, 0.1) is 26.7 Å². The highest BCUT2D eigenvalue weighted by Crippen LogP contribution is 2.26. The van der Waals surface area contributed by atoms with Crippen molar-refractivity contribution in [3.63, 3.8) is 0 Å². The van der Waals surface area contributed by atoms with Crippen LogP contribution in [0.1, 0.15) is 12.0 Å². The molecule has 0 saturated carbocycles. The molecule has 0 unspecified atom stereocenters. The zero-order chi connectivity index (χ0) is 15.7. The molecule has 0 heterocycles. The first kappa shape index (κ1) is 17.6. The van der Waals surface area contributed by atoms with E-state index in [-0.39, 0.29) is 0 Å². The fourth-order valence-corrected chi connectivity index (χ4v) is 1.64. The van der Waals surface area contributed by atoms with Crippen molar-refractivity contribution < 1.29 is 27.4 Å². The van der Waals surface area contributed by atoms with E-state index in [1.54, 1.807) is 25.3 Å². The van der Waals surface area contributed by atoms with Gasteiger partial charge in [0, 0.05) is 25.8 Å². The predicted octanol–water partition coefficient (Wildman–Crippen LogP) is 2.76. The Bertz CT molecular complexity index is 424. The largest absolute Gasteiger partial charge is 0.497 e. The highest BCUT2D eigenvalue weighted by molar-refractivity contribution is 5.40. The molecule has 1 aromatic carbocycles. The Morgan fingerprint density at radius 3 is 2.52 bits per heavy atom. The first-order valence-electron chi connectivity index (χ1n) is 6.52. The number of methoxy groups -OCH3 is 2. The average molecular weight is 307 g/mol. The van der Waals surface area contributed by atoms with Crippen molar-refractivity contribution in [2.75, 3.05) is 34.0 Å². The van der Waals surface area contributed by atoms with Crippen LogP contribution in [0.4, 0.5) is 13.2 Å². The summed E-state index contributed by atoms with van der Waals surface area (Å²) in [6.07, 6.45) is -5.20. The fraction of sp³-hybridized carbons (Fsp3) is 0.571. The molecule has 4 nitrogen and oxygen atoms in total. The van der Waals surface area contributed by atoms with Crippen LogP contribution >= 0.6 is 0 Å². The minimum Gasteiger partial charge on any atom is -0.497 e. The summed E-state index contributed by atoms with van der Waals surface area (Å²) in [4.78, 5) is 0. The summed E-state index contributed by atoms with van der Waals surface area (Å²) in [5.74, 6) is 1.05. The number of hydrogen-bond acceptors (Lipinski definition) is 4. The Hall–Kier alpha value is -1.47. The van der Waals surface area contributed by atoms with Crippen molar-refractivity contribution in [2.45, 2.75) is 19.1 Å². The molecule has 0 aliphatic carbocycles. The monoisotopic (exact) mass is 307 g/mol. The predicted molar refractivity (Wildman–Crippen MR) is 72.7 cm³/mol. The van der Waals surface area contributed by atoms with E-state index in [2.05, 4.69) is 5.32 Å². The van der Waals surface area contributed by atoms with E-state index in [1.807, 2.05) is 0 Å². The van der Waals surface area contributed by atoms with E-state index < -0.39 is 19.2 Å². The summed E-state index contributed by atoms with van der Waals surface area (Å²) in [7, 11) is 3.13. The summed E-state index contributed by atoms with van der Waals surface area (Å²) in [6, 6.07) is 5.01. The molecule has 120 valence electrons. The number of alkyl halides is 3. The molecule has 0 bridgehead atoms. The van der Waals surface area contributed by atoms with Crippen molar-refractivity contribution in [1.29, 1.82) is 0 Å². The van der Waals surface area contributed by atoms with Crippen LogP contribution in [0.25, 0.3) is 0 Å². The molecular weight excluding hydrogens is 287 g/mol.